The summed E-state index contributed by atoms with van der Waals surface area (Å²) in [7, 11) is 0. The van der Waals surface area contributed by atoms with Crippen molar-refractivity contribution in [3.8, 4) is 0 Å². The summed E-state index contributed by atoms with van der Waals surface area (Å²) in [5.41, 5.74) is 1.17. The Morgan fingerprint density at radius 1 is 1.33 bits per heavy atom. The van der Waals surface area contributed by atoms with Crippen molar-refractivity contribution in [2.75, 3.05) is 23.8 Å². The quantitative estimate of drug-likeness (QED) is 0.808. The highest BCUT2D eigenvalue weighted by Gasteiger charge is 2.26. The highest BCUT2D eigenvalue weighted by molar-refractivity contribution is 5.44. The normalized spacial score (nSPS) is 23.0. The summed E-state index contributed by atoms with van der Waals surface area (Å²) in [4.78, 5) is 9.27. The van der Waals surface area contributed by atoms with E-state index >= 15 is 0 Å². The average molecular weight is 290 g/mol. The van der Waals surface area contributed by atoms with Gasteiger partial charge in [0.1, 0.15) is 5.82 Å². The molecule has 21 heavy (non-hydrogen) atoms. The Hall–Kier alpha value is -1.36. The second-order valence-corrected chi connectivity index (χ2v) is 6.25. The van der Waals surface area contributed by atoms with E-state index in [2.05, 4.69) is 40.5 Å². The minimum absolute atomic E-state index is 0.329. The summed E-state index contributed by atoms with van der Waals surface area (Å²) < 4.78 is 5.66. The van der Waals surface area contributed by atoms with Gasteiger partial charge in [-0.25, -0.2) is 4.98 Å². The molecule has 2 aliphatic rings. The lowest BCUT2D eigenvalue weighted by molar-refractivity contribution is 0.120. The van der Waals surface area contributed by atoms with Gasteiger partial charge in [-0.3, -0.25) is 0 Å². The van der Waals surface area contributed by atoms with Crippen LogP contribution in [0.2, 0.25) is 0 Å². The first-order chi connectivity index (χ1) is 10.2. The van der Waals surface area contributed by atoms with Gasteiger partial charge >= 0.3 is 0 Å². The lowest BCUT2D eigenvalue weighted by Crippen LogP contribution is -2.20. The maximum absolute atomic E-state index is 5.66. The van der Waals surface area contributed by atoms with Gasteiger partial charge in [-0.1, -0.05) is 6.92 Å². The Morgan fingerprint density at radius 2 is 2.19 bits per heavy atom. The molecular weight excluding hydrogens is 264 g/mol. The SMILES string of the molecule is CC[C@H](C)Nc1nc(NC[C@H]2CCCO2)cc(C2CC2)n1. The fraction of sp³-hybridized carbons (Fsp3) is 0.750. The van der Waals surface area contributed by atoms with Gasteiger partial charge in [-0.2, -0.15) is 4.98 Å². The van der Waals surface area contributed by atoms with E-state index in [0.717, 1.165) is 37.8 Å². The molecular formula is C16H26N4O. The third-order valence-corrected chi connectivity index (χ3v) is 4.26. The standard InChI is InChI=1S/C16H26N4O/c1-3-11(2)18-16-19-14(12-6-7-12)9-15(20-16)17-10-13-5-4-8-21-13/h9,11-13H,3-8,10H2,1-2H3,(H2,17,18,19,20)/t11-,13+/m0/s1. The van der Waals surface area contributed by atoms with Crippen LogP contribution in [0.1, 0.15) is 57.6 Å². The number of nitrogens with one attached hydrogen (secondary N) is 2. The summed E-state index contributed by atoms with van der Waals surface area (Å²) in [6.07, 6.45) is 6.22. The van der Waals surface area contributed by atoms with Gasteiger partial charge in [0.15, 0.2) is 0 Å². The van der Waals surface area contributed by atoms with Gasteiger partial charge in [0, 0.05) is 31.2 Å². The van der Waals surface area contributed by atoms with E-state index in [1.54, 1.807) is 0 Å². The Labute approximate surface area is 126 Å². The molecule has 116 valence electrons. The maximum atomic E-state index is 5.66. The zero-order valence-electron chi connectivity index (χ0n) is 13.1. The van der Waals surface area contributed by atoms with Crippen molar-refractivity contribution in [1.29, 1.82) is 0 Å². The summed E-state index contributed by atoms with van der Waals surface area (Å²) in [5.74, 6) is 2.31. The molecule has 0 radical (unpaired) electrons. The van der Waals surface area contributed by atoms with Crippen molar-refractivity contribution in [2.45, 2.75) is 64.0 Å². The molecule has 2 heterocycles. The van der Waals surface area contributed by atoms with E-state index < -0.39 is 0 Å². The molecule has 0 spiro atoms. The van der Waals surface area contributed by atoms with Crippen LogP contribution in [-0.4, -0.2) is 35.3 Å². The van der Waals surface area contributed by atoms with Crippen molar-refractivity contribution in [1.82, 2.24) is 9.97 Å². The predicted molar refractivity (Wildman–Crippen MR) is 84.8 cm³/mol. The Balaban J connectivity index is 1.68. The van der Waals surface area contributed by atoms with E-state index in [9.17, 15) is 0 Å². The van der Waals surface area contributed by atoms with E-state index in [1.165, 1.54) is 25.0 Å². The molecule has 1 aromatic rings. The van der Waals surface area contributed by atoms with Crippen LogP contribution < -0.4 is 10.6 Å². The lowest BCUT2D eigenvalue weighted by Gasteiger charge is -2.15. The monoisotopic (exact) mass is 290 g/mol. The molecule has 5 heteroatoms. The van der Waals surface area contributed by atoms with Crippen LogP contribution in [0.4, 0.5) is 11.8 Å². The van der Waals surface area contributed by atoms with Gasteiger partial charge in [-0.05, 0) is 39.0 Å². The summed E-state index contributed by atoms with van der Waals surface area (Å²) in [5, 5.41) is 6.81. The van der Waals surface area contributed by atoms with Crippen LogP contribution in [0, 0.1) is 0 Å². The Kier molecular flexibility index (Phi) is 4.58. The largest absolute Gasteiger partial charge is 0.376 e. The molecule has 2 fully saturated rings. The maximum Gasteiger partial charge on any atom is 0.225 e. The fourth-order valence-electron chi connectivity index (χ4n) is 2.56. The molecule has 0 amide bonds. The minimum Gasteiger partial charge on any atom is -0.376 e. The fourth-order valence-corrected chi connectivity index (χ4v) is 2.56. The summed E-state index contributed by atoms with van der Waals surface area (Å²) in [6.45, 7) is 6.06. The molecule has 3 rings (SSSR count). The highest BCUT2D eigenvalue weighted by atomic mass is 16.5. The van der Waals surface area contributed by atoms with Gasteiger partial charge in [0.2, 0.25) is 5.95 Å². The average Bonchev–Trinajstić information content (AvgIpc) is 3.21. The van der Waals surface area contributed by atoms with Crippen LogP contribution in [0.5, 0.6) is 0 Å². The highest BCUT2D eigenvalue weighted by Crippen LogP contribution is 2.39. The number of nitrogens with zero attached hydrogens (tertiary/aromatic N) is 2. The van der Waals surface area contributed by atoms with Crippen molar-refractivity contribution >= 4 is 11.8 Å². The molecule has 5 nitrogen and oxygen atoms in total. The molecule has 0 unspecified atom stereocenters. The second kappa shape index (κ2) is 6.60. The minimum atomic E-state index is 0.329. The molecule has 2 N–H and O–H groups in total. The van der Waals surface area contributed by atoms with Crippen molar-refractivity contribution < 1.29 is 4.74 Å². The molecule has 1 aliphatic heterocycles. The number of hydrogen-bond acceptors (Lipinski definition) is 5. The first kappa shape index (κ1) is 14.6. The van der Waals surface area contributed by atoms with Crippen molar-refractivity contribution in [3.05, 3.63) is 11.8 Å². The van der Waals surface area contributed by atoms with Crippen LogP contribution in [0.25, 0.3) is 0 Å². The zero-order chi connectivity index (χ0) is 14.7. The number of anilines is 2. The lowest BCUT2D eigenvalue weighted by atomic mass is 10.2. The number of hydrogen-bond donors (Lipinski definition) is 2. The third-order valence-electron chi connectivity index (χ3n) is 4.26. The number of rotatable bonds is 7. The molecule has 2 atom stereocenters. The van der Waals surface area contributed by atoms with Crippen LogP contribution in [0.3, 0.4) is 0 Å². The van der Waals surface area contributed by atoms with E-state index in [1.807, 2.05) is 0 Å². The molecule has 1 saturated heterocycles. The number of aromatic nitrogens is 2. The first-order valence-corrected chi connectivity index (χ1v) is 8.25. The van der Waals surface area contributed by atoms with Gasteiger partial charge in [-0.15, -0.1) is 0 Å². The smallest absolute Gasteiger partial charge is 0.225 e. The van der Waals surface area contributed by atoms with E-state index in [4.69, 9.17) is 4.74 Å². The van der Waals surface area contributed by atoms with Gasteiger partial charge < -0.3 is 15.4 Å². The molecule has 1 aliphatic carbocycles. The number of ether oxygens (including phenoxy) is 1. The summed E-state index contributed by atoms with van der Waals surface area (Å²) >= 11 is 0. The molecule has 1 aromatic heterocycles. The Morgan fingerprint density at radius 3 is 2.86 bits per heavy atom. The Bertz CT molecular complexity index is 469. The molecule has 0 aromatic carbocycles. The van der Waals surface area contributed by atoms with Gasteiger partial charge in [0.25, 0.3) is 0 Å². The third kappa shape index (κ3) is 4.06. The predicted octanol–water partition coefficient (Wildman–Crippen LogP) is 3.16. The van der Waals surface area contributed by atoms with E-state index in [0.29, 0.717) is 18.1 Å². The van der Waals surface area contributed by atoms with Crippen LogP contribution >= 0.6 is 0 Å². The zero-order valence-corrected chi connectivity index (χ0v) is 13.1. The molecule has 0 bridgehead atoms. The second-order valence-electron chi connectivity index (χ2n) is 6.25. The van der Waals surface area contributed by atoms with Crippen LogP contribution in [0.15, 0.2) is 6.07 Å². The summed E-state index contributed by atoms with van der Waals surface area (Å²) in [6, 6.07) is 2.50. The first-order valence-electron chi connectivity index (χ1n) is 8.25. The van der Waals surface area contributed by atoms with E-state index in [-0.39, 0.29) is 0 Å². The van der Waals surface area contributed by atoms with Crippen molar-refractivity contribution in [2.24, 2.45) is 0 Å². The van der Waals surface area contributed by atoms with Gasteiger partial charge in [0.05, 0.1) is 11.8 Å². The van der Waals surface area contributed by atoms with Crippen molar-refractivity contribution in [3.63, 3.8) is 0 Å². The molecule has 1 saturated carbocycles. The topological polar surface area (TPSA) is 59.1 Å². The van der Waals surface area contributed by atoms with Crippen LogP contribution in [-0.2, 0) is 4.74 Å².